The molecule has 0 saturated heterocycles. The van der Waals surface area contributed by atoms with Crippen molar-refractivity contribution in [1.82, 2.24) is 15.3 Å². The second-order valence-electron chi connectivity index (χ2n) is 3.64. The molecule has 0 fully saturated rings. The van der Waals surface area contributed by atoms with Gasteiger partial charge in [0.1, 0.15) is 5.69 Å². The van der Waals surface area contributed by atoms with E-state index in [4.69, 9.17) is 4.74 Å². The summed E-state index contributed by atoms with van der Waals surface area (Å²) in [6.45, 7) is 5.20. The number of hydrogen-bond acceptors (Lipinski definition) is 5. The van der Waals surface area contributed by atoms with E-state index in [0.717, 1.165) is 18.0 Å². The Labute approximate surface area is 108 Å². The van der Waals surface area contributed by atoms with Gasteiger partial charge < -0.3 is 10.1 Å². The first-order valence-electron chi connectivity index (χ1n) is 5.99. The molecule has 0 spiro atoms. The zero-order valence-corrected chi connectivity index (χ0v) is 11.6. The number of nitrogens with zero attached hydrogens (tertiary/aromatic N) is 2. The average molecular weight is 255 g/mol. The largest absolute Gasteiger partial charge is 0.480 e. The van der Waals surface area contributed by atoms with Crippen LogP contribution < -0.4 is 10.1 Å². The van der Waals surface area contributed by atoms with Crippen LogP contribution in [0.25, 0.3) is 0 Å². The maximum absolute atomic E-state index is 5.26. The smallest absolute Gasteiger partial charge is 0.237 e. The van der Waals surface area contributed by atoms with E-state index in [0.29, 0.717) is 5.88 Å². The van der Waals surface area contributed by atoms with Crippen molar-refractivity contribution in [3.05, 3.63) is 18.1 Å². The van der Waals surface area contributed by atoms with Crippen molar-refractivity contribution in [2.45, 2.75) is 26.3 Å². The third-order valence-corrected chi connectivity index (χ3v) is 3.56. The summed E-state index contributed by atoms with van der Waals surface area (Å²) in [6.07, 6.45) is 4.57. The molecule has 0 radical (unpaired) electrons. The van der Waals surface area contributed by atoms with E-state index in [9.17, 15) is 0 Å². The van der Waals surface area contributed by atoms with Crippen molar-refractivity contribution >= 4 is 11.8 Å². The number of thioether (sulfide) groups is 1. The third kappa shape index (κ3) is 4.52. The lowest BCUT2D eigenvalue weighted by Gasteiger charge is -2.18. The first-order chi connectivity index (χ1) is 8.33. The van der Waals surface area contributed by atoms with E-state index < -0.39 is 0 Å². The van der Waals surface area contributed by atoms with Crippen molar-refractivity contribution < 1.29 is 4.74 Å². The SMILES string of the molecule is CCCSCC(NCC)c1nccnc1OC. The summed E-state index contributed by atoms with van der Waals surface area (Å²) in [6, 6.07) is 0.209. The summed E-state index contributed by atoms with van der Waals surface area (Å²) in [4.78, 5) is 8.58. The van der Waals surface area contributed by atoms with E-state index in [1.807, 2.05) is 11.8 Å². The number of methoxy groups -OCH3 is 1. The van der Waals surface area contributed by atoms with Crippen LogP contribution in [0, 0.1) is 0 Å². The second kappa shape index (κ2) is 8.31. The number of hydrogen-bond donors (Lipinski definition) is 1. The Balaban J connectivity index is 2.73. The van der Waals surface area contributed by atoms with Crippen LogP contribution in [-0.4, -0.2) is 35.1 Å². The standard InChI is InChI=1S/C12H21N3OS/c1-4-8-17-9-10(13-5-2)11-12(16-3)15-7-6-14-11/h6-7,10,13H,4-5,8-9H2,1-3H3. The van der Waals surface area contributed by atoms with Crippen molar-refractivity contribution in [2.75, 3.05) is 25.2 Å². The third-order valence-electron chi connectivity index (χ3n) is 2.30. The molecule has 1 heterocycles. The Kier molecular flexibility index (Phi) is 6.96. The van der Waals surface area contributed by atoms with Gasteiger partial charge in [0.2, 0.25) is 5.88 Å². The lowest BCUT2D eigenvalue weighted by molar-refractivity contribution is 0.381. The van der Waals surface area contributed by atoms with Crippen molar-refractivity contribution in [3.8, 4) is 5.88 Å². The van der Waals surface area contributed by atoms with Crippen LogP contribution in [0.4, 0.5) is 0 Å². The maximum atomic E-state index is 5.26. The van der Waals surface area contributed by atoms with E-state index in [1.54, 1.807) is 19.5 Å². The maximum Gasteiger partial charge on any atom is 0.237 e. The lowest BCUT2D eigenvalue weighted by Crippen LogP contribution is -2.25. The monoisotopic (exact) mass is 255 g/mol. The summed E-state index contributed by atoms with van der Waals surface area (Å²) in [7, 11) is 1.63. The van der Waals surface area contributed by atoms with Crippen molar-refractivity contribution in [1.29, 1.82) is 0 Å². The molecule has 0 amide bonds. The molecule has 1 N–H and O–H groups in total. The fourth-order valence-corrected chi connectivity index (χ4v) is 2.53. The van der Waals surface area contributed by atoms with Gasteiger partial charge in [-0.15, -0.1) is 0 Å². The highest BCUT2D eigenvalue weighted by molar-refractivity contribution is 7.99. The van der Waals surface area contributed by atoms with Gasteiger partial charge in [0.05, 0.1) is 13.2 Å². The van der Waals surface area contributed by atoms with E-state index in [2.05, 4.69) is 29.1 Å². The average Bonchev–Trinajstić information content (AvgIpc) is 2.38. The molecule has 0 saturated carbocycles. The zero-order chi connectivity index (χ0) is 12.5. The molecule has 0 aromatic carbocycles. The van der Waals surface area contributed by atoms with Gasteiger partial charge in [0.25, 0.3) is 0 Å². The lowest BCUT2D eigenvalue weighted by atomic mass is 10.2. The highest BCUT2D eigenvalue weighted by Crippen LogP contribution is 2.23. The molecule has 17 heavy (non-hydrogen) atoms. The van der Waals surface area contributed by atoms with E-state index >= 15 is 0 Å². The van der Waals surface area contributed by atoms with Gasteiger partial charge in [-0.1, -0.05) is 13.8 Å². The van der Waals surface area contributed by atoms with Gasteiger partial charge >= 0.3 is 0 Å². The molecular weight excluding hydrogens is 234 g/mol. The molecule has 96 valence electrons. The summed E-state index contributed by atoms with van der Waals surface area (Å²) < 4.78 is 5.26. The molecular formula is C12H21N3OS. The second-order valence-corrected chi connectivity index (χ2v) is 4.79. The Morgan fingerprint density at radius 3 is 2.76 bits per heavy atom. The fourth-order valence-electron chi connectivity index (χ4n) is 1.56. The van der Waals surface area contributed by atoms with Crippen LogP contribution >= 0.6 is 11.8 Å². The number of aromatic nitrogens is 2. The predicted octanol–water partition coefficient (Wildman–Crippen LogP) is 2.28. The normalized spacial score (nSPS) is 12.4. The summed E-state index contributed by atoms with van der Waals surface area (Å²) in [5.74, 6) is 2.79. The molecule has 1 rings (SSSR count). The number of ether oxygens (including phenoxy) is 1. The first kappa shape index (κ1) is 14.3. The van der Waals surface area contributed by atoms with Crippen LogP contribution in [-0.2, 0) is 0 Å². The minimum absolute atomic E-state index is 0.209. The molecule has 0 bridgehead atoms. The Morgan fingerprint density at radius 2 is 2.12 bits per heavy atom. The Bertz CT molecular complexity index is 322. The summed E-state index contributed by atoms with van der Waals surface area (Å²) in [5.41, 5.74) is 0.903. The highest BCUT2D eigenvalue weighted by atomic mass is 32.2. The van der Waals surface area contributed by atoms with E-state index in [-0.39, 0.29) is 6.04 Å². The predicted molar refractivity (Wildman–Crippen MR) is 72.6 cm³/mol. The Morgan fingerprint density at radius 1 is 1.35 bits per heavy atom. The molecule has 5 heteroatoms. The van der Waals surface area contributed by atoms with Crippen LogP contribution in [0.15, 0.2) is 12.4 Å². The van der Waals surface area contributed by atoms with Gasteiger partial charge in [0.15, 0.2) is 0 Å². The van der Waals surface area contributed by atoms with Crippen molar-refractivity contribution in [3.63, 3.8) is 0 Å². The van der Waals surface area contributed by atoms with Crippen LogP contribution in [0.2, 0.25) is 0 Å². The van der Waals surface area contributed by atoms with Gasteiger partial charge in [-0.2, -0.15) is 11.8 Å². The van der Waals surface area contributed by atoms with Gasteiger partial charge in [0, 0.05) is 18.1 Å². The number of nitrogens with one attached hydrogen (secondary N) is 1. The molecule has 0 aliphatic carbocycles. The number of rotatable bonds is 8. The van der Waals surface area contributed by atoms with Gasteiger partial charge in [-0.25, -0.2) is 4.98 Å². The topological polar surface area (TPSA) is 47.0 Å². The van der Waals surface area contributed by atoms with Crippen LogP contribution in [0.5, 0.6) is 5.88 Å². The summed E-state index contributed by atoms with van der Waals surface area (Å²) in [5, 5.41) is 3.43. The molecule has 1 aromatic rings. The molecule has 1 unspecified atom stereocenters. The Hall–Kier alpha value is -0.810. The minimum Gasteiger partial charge on any atom is -0.480 e. The molecule has 1 aromatic heterocycles. The molecule has 0 aliphatic heterocycles. The minimum atomic E-state index is 0.209. The first-order valence-corrected chi connectivity index (χ1v) is 7.14. The van der Waals surface area contributed by atoms with E-state index in [1.165, 1.54) is 12.2 Å². The van der Waals surface area contributed by atoms with Gasteiger partial charge in [-0.3, -0.25) is 4.98 Å². The molecule has 1 atom stereocenters. The zero-order valence-electron chi connectivity index (χ0n) is 10.8. The fraction of sp³-hybridized carbons (Fsp3) is 0.667. The highest BCUT2D eigenvalue weighted by Gasteiger charge is 2.17. The quantitative estimate of drug-likeness (QED) is 0.722. The molecule has 0 aliphatic rings. The van der Waals surface area contributed by atoms with Crippen LogP contribution in [0.3, 0.4) is 0 Å². The van der Waals surface area contributed by atoms with Crippen LogP contribution in [0.1, 0.15) is 32.0 Å². The van der Waals surface area contributed by atoms with Crippen molar-refractivity contribution in [2.24, 2.45) is 0 Å². The van der Waals surface area contributed by atoms with Gasteiger partial charge in [-0.05, 0) is 18.7 Å². The summed E-state index contributed by atoms with van der Waals surface area (Å²) >= 11 is 1.93. The molecule has 4 nitrogen and oxygen atoms in total.